The van der Waals surface area contributed by atoms with Gasteiger partial charge in [0, 0.05) is 29.8 Å². The molecule has 2 aliphatic carbocycles. The summed E-state index contributed by atoms with van der Waals surface area (Å²) in [5.41, 5.74) is 1.43. The van der Waals surface area contributed by atoms with E-state index in [1.165, 1.54) is 25.3 Å². The van der Waals surface area contributed by atoms with E-state index in [9.17, 15) is 24.9 Å². The molecule has 0 radical (unpaired) electrons. The van der Waals surface area contributed by atoms with Gasteiger partial charge in [0.25, 0.3) is 0 Å². The number of hydrogen-bond donors (Lipinski definition) is 6. The summed E-state index contributed by atoms with van der Waals surface area (Å²) < 4.78 is 0. The van der Waals surface area contributed by atoms with Gasteiger partial charge in [-0.25, -0.2) is 9.59 Å². The van der Waals surface area contributed by atoms with E-state index in [4.69, 9.17) is 10.2 Å². The topological polar surface area (TPSA) is 147 Å². The molecule has 0 aliphatic heterocycles. The van der Waals surface area contributed by atoms with Crippen LogP contribution in [0.4, 0.5) is 0 Å². The van der Waals surface area contributed by atoms with E-state index in [-0.39, 0.29) is 17.5 Å². The number of phenols is 2. The van der Waals surface area contributed by atoms with Crippen LogP contribution in [0.5, 0.6) is 11.5 Å². The van der Waals surface area contributed by atoms with E-state index in [0.29, 0.717) is 30.2 Å². The number of fused-ring (bicyclic) bond motifs is 1. The van der Waals surface area contributed by atoms with Gasteiger partial charge in [0.15, 0.2) is 11.5 Å². The summed E-state index contributed by atoms with van der Waals surface area (Å²) in [6.45, 7) is 0. The number of carboxylic acids is 2. The van der Waals surface area contributed by atoms with Crippen LogP contribution >= 0.6 is 0 Å². The van der Waals surface area contributed by atoms with Crippen LogP contribution in [0.2, 0.25) is 0 Å². The molecule has 8 nitrogen and oxygen atoms in total. The fourth-order valence-electron chi connectivity index (χ4n) is 3.05. The molecule has 142 valence electrons. The van der Waals surface area contributed by atoms with Crippen molar-refractivity contribution in [2.75, 3.05) is 0 Å². The van der Waals surface area contributed by atoms with Crippen LogP contribution in [0.1, 0.15) is 42.9 Å². The van der Waals surface area contributed by atoms with Crippen molar-refractivity contribution in [1.29, 1.82) is 0 Å². The first-order valence-electron chi connectivity index (χ1n) is 8.41. The van der Waals surface area contributed by atoms with Gasteiger partial charge in [-0.2, -0.15) is 0 Å². The summed E-state index contributed by atoms with van der Waals surface area (Å²) in [5.74, 6) is -2.69. The Morgan fingerprint density at radius 2 is 1.65 bits per heavy atom. The van der Waals surface area contributed by atoms with Crippen molar-refractivity contribution >= 4 is 11.9 Å². The number of aromatic hydroxyl groups is 2. The first-order valence-corrected chi connectivity index (χ1v) is 8.41. The Bertz CT molecular complexity index is 681. The summed E-state index contributed by atoms with van der Waals surface area (Å²) in [6.07, 6.45) is 5.66. The Labute approximate surface area is 150 Å². The molecule has 2 aliphatic rings. The van der Waals surface area contributed by atoms with Crippen molar-refractivity contribution in [3.8, 4) is 11.5 Å². The molecule has 2 atom stereocenters. The zero-order chi connectivity index (χ0) is 19.3. The van der Waals surface area contributed by atoms with E-state index < -0.39 is 18.0 Å². The molecule has 1 saturated carbocycles. The second kappa shape index (κ2) is 8.68. The fraction of sp³-hybridized carbons (Fsp3) is 0.444. The largest absolute Gasteiger partial charge is 0.504 e. The summed E-state index contributed by atoms with van der Waals surface area (Å²) >= 11 is 0. The summed E-state index contributed by atoms with van der Waals surface area (Å²) in [5, 5.41) is 48.7. The lowest BCUT2D eigenvalue weighted by molar-refractivity contribution is -0.134. The molecule has 8 heteroatoms. The number of carboxylic acid groups (broad SMARTS) is 2. The van der Waals surface area contributed by atoms with Crippen molar-refractivity contribution < 1.29 is 35.1 Å². The van der Waals surface area contributed by atoms with E-state index >= 15 is 0 Å². The zero-order valence-electron chi connectivity index (χ0n) is 14.1. The quantitative estimate of drug-likeness (QED) is 0.346. The minimum absolute atomic E-state index is 0.0618. The predicted octanol–water partition coefficient (Wildman–Crippen LogP) is 1.30. The lowest BCUT2D eigenvalue weighted by Gasteiger charge is -2.37. The molecule has 0 unspecified atom stereocenters. The molecular formula is C18H23NO7. The molecule has 26 heavy (non-hydrogen) atoms. The molecule has 6 N–H and O–H groups in total. The zero-order valence-corrected chi connectivity index (χ0v) is 14.1. The molecule has 0 aromatic heterocycles. The average Bonchev–Trinajstić information content (AvgIpc) is 2.55. The number of phenolic OH excluding ortho intramolecular Hbond substituents is 2. The van der Waals surface area contributed by atoms with Gasteiger partial charge in [-0.3, -0.25) is 0 Å². The molecule has 0 bridgehead atoms. The third kappa shape index (κ3) is 4.96. The van der Waals surface area contributed by atoms with Gasteiger partial charge < -0.3 is 30.8 Å². The number of hydrogen-bond acceptors (Lipinski definition) is 6. The highest BCUT2D eigenvalue weighted by atomic mass is 16.4. The summed E-state index contributed by atoms with van der Waals surface area (Å²) in [4.78, 5) is 19.1. The fourth-order valence-corrected chi connectivity index (χ4v) is 3.05. The van der Waals surface area contributed by atoms with Gasteiger partial charge in [0.05, 0.1) is 6.10 Å². The Balaban J connectivity index is 0.000000260. The van der Waals surface area contributed by atoms with E-state index in [1.807, 2.05) is 0 Å². The maximum absolute atomic E-state index is 10.3. The normalized spacial score (nSPS) is 22.0. The van der Waals surface area contributed by atoms with Crippen molar-refractivity contribution in [1.82, 2.24) is 5.32 Å². The minimum atomic E-state index is -1.26. The van der Waals surface area contributed by atoms with Crippen LogP contribution in [0.3, 0.4) is 0 Å². The molecular weight excluding hydrogens is 342 g/mol. The lowest BCUT2D eigenvalue weighted by atomic mass is 9.83. The van der Waals surface area contributed by atoms with Crippen molar-refractivity contribution in [3.63, 3.8) is 0 Å². The molecule has 3 rings (SSSR count). The second-order valence-electron chi connectivity index (χ2n) is 6.40. The van der Waals surface area contributed by atoms with Crippen LogP contribution in [-0.4, -0.2) is 49.6 Å². The summed E-state index contributed by atoms with van der Waals surface area (Å²) in [6, 6.07) is 3.76. The molecule has 0 amide bonds. The molecule has 0 heterocycles. The van der Waals surface area contributed by atoms with E-state index in [2.05, 4.69) is 5.32 Å². The Morgan fingerprint density at radius 3 is 2.15 bits per heavy atom. The standard InChI is InChI=1S/C14H19NO3.C4H4O4/c16-12-7-5-9-10(14(12)18)4-6-11(13(9)17)15-8-2-1-3-8;5-3(6)1-2-4(7)8/h5,7-8,11,13,15-18H,1-4,6H2;1-2H,(H,5,6)(H,7,8)/b;2-1+/t11-,13-;/m1./s1. The number of carbonyl (C=O) groups is 2. The van der Waals surface area contributed by atoms with Crippen LogP contribution in [-0.2, 0) is 16.0 Å². The smallest absolute Gasteiger partial charge is 0.328 e. The van der Waals surface area contributed by atoms with Crippen molar-refractivity contribution in [2.45, 2.75) is 50.3 Å². The highest BCUT2D eigenvalue weighted by Gasteiger charge is 2.32. The first kappa shape index (κ1) is 19.7. The monoisotopic (exact) mass is 365 g/mol. The van der Waals surface area contributed by atoms with Crippen LogP contribution in [0.15, 0.2) is 24.3 Å². The SMILES string of the molecule is O=C(O)/C=C/C(=O)O.Oc1ccc2c(c1O)CC[C@@H](NC1CCC1)[C@@H]2O. The number of benzene rings is 1. The van der Waals surface area contributed by atoms with Gasteiger partial charge >= 0.3 is 11.9 Å². The highest BCUT2D eigenvalue weighted by molar-refractivity contribution is 5.89. The molecule has 0 spiro atoms. The molecule has 1 fully saturated rings. The number of aliphatic hydroxyl groups is 1. The first-order chi connectivity index (χ1) is 12.3. The van der Waals surface area contributed by atoms with Crippen LogP contribution in [0.25, 0.3) is 0 Å². The maximum Gasteiger partial charge on any atom is 0.328 e. The predicted molar refractivity (Wildman–Crippen MR) is 92.0 cm³/mol. The van der Waals surface area contributed by atoms with Gasteiger partial charge in [0.1, 0.15) is 0 Å². The Morgan fingerprint density at radius 1 is 1.04 bits per heavy atom. The lowest BCUT2D eigenvalue weighted by Crippen LogP contribution is -2.46. The number of rotatable bonds is 4. The number of nitrogens with one attached hydrogen (secondary N) is 1. The number of aliphatic hydroxyl groups excluding tert-OH is 1. The van der Waals surface area contributed by atoms with Crippen LogP contribution < -0.4 is 5.32 Å². The van der Waals surface area contributed by atoms with E-state index in [1.54, 1.807) is 6.07 Å². The third-order valence-electron chi connectivity index (χ3n) is 4.63. The van der Waals surface area contributed by atoms with Gasteiger partial charge in [0.2, 0.25) is 0 Å². The van der Waals surface area contributed by atoms with E-state index in [0.717, 1.165) is 12.0 Å². The maximum atomic E-state index is 10.3. The minimum Gasteiger partial charge on any atom is -0.504 e. The molecule has 1 aromatic rings. The molecule has 0 saturated heterocycles. The van der Waals surface area contributed by atoms with Gasteiger partial charge in [-0.05, 0) is 37.3 Å². The van der Waals surface area contributed by atoms with Gasteiger partial charge in [-0.1, -0.05) is 12.5 Å². The number of aliphatic carboxylic acids is 2. The Kier molecular flexibility index (Phi) is 6.59. The Hall–Kier alpha value is -2.58. The molecule has 1 aromatic carbocycles. The van der Waals surface area contributed by atoms with Crippen molar-refractivity contribution in [3.05, 3.63) is 35.4 Å². The highest BCUT2D eigenvalue weighted by Crippen LogP contribution is 2.40. The second-order valence-corrected chi connectivity index (χ2v) is 6.40. The van der Waals surface area contributed by atoms with Crippen molar-refractivity contribution in [2.24, 2.45) is 0 Å². The summed E-state index contributed by atoms with van der Waals surface area (Å²) in [7, 11) is 0. The van der Waals surface area contributed by atoms with Crippen LogP contribution in [0, 0.1) is 0 Å². The average molecular weight is 365 g/mol. The van der Waals surface area contributed by atoms with Gasteiger partial charge in [-0.15, -0.1) is 0 Å². The third-order valence-corrected chi connectivity index (χ3v) is 4.63.